The molecule has 19 heteroatoms. The van der Waals surface area contributed by atoms with E-state index in [1.165, 1.54) is 12.1 Å². The van der Waals surface area contributed by atoms with Crippen LogP contribution in [0.15, 0.2) is 24.3 Å². The van der Waals surface area contributed by atoms with E-state index < -0.39 is 52.6 Å². The summed E-state index contributed by atoms with van der Waals surface area (Å²) in [5.74, 6) is -6.12. The molecule has 270 valence electrons. The van der Waals surface area contributed by atoms with Crippen molar-refractivity contribution in [2.75, 3.05) is 26.4 Å². The number of fused-ring (bicyclic) bond motifs is 1. The van der Waals surface area contributed by atoms with Crippen LogP contribution < -0.4 is 108 Å². The molecule has 0 amide bonds. The van der Waals surface area contributed by atoms with Gasteiger partial charge in [0.2, 0.25) is 0 Å². The number of rotatable bonds is 11. The molecule has 0 fully saturated rings. The van der Waals surface area contributed by atoms with Gasteiger partial charge >= 0.3 is 127 Å². The van der Waals surface area contributed by atoms with Gasteiger partial charge in [-0.3, -0.25) is 24.0 Å². The molecule has 0 aromatic heterocycles. The predicted molar refractivity (Wildman–Crippen MR) is 167 cm³/mol. The molecule has 1 aliphatic carbocycles. The second-order valence-electron chi connectivity index (χ2n) is 9.19. The normalized spacial score (nSPS) is 11.3. The first-order valence-corrected chi connectivity index (χ1v) is 16.4. The number of ether oxygens (including phenoxy) is 4. The van der Waals surface area contributed by atoms with Crippen molar-refractivity contribution >= 4 is 62.2 Å². The molecule has 0 bridgehead atoms. The fourth-order valence-corrected chi connectivity index (χ4v) is 5.05. The molecule has 2 aromatic carbocycles. The largest absolute Gasteiger partial charge is 1.00 e. The number of hydrogen-bond acceptors (Lipinski definition) is 11. The zero-order valence-corrected chi connectivity index (χ0v) is 37.9. The van der Waals surface area contributed by atoms with E-state index in [2.05, 4.69) is 46.2 Å². The van der Waals surface area contributed by atoms with E-state index in [1.54, 1.807) is 27.7 Å². The second kappa shape index (κ2) is 30.1. The van der Waals surface area contributed by atoms with Crippen LogP contribution in [0.25, 0.3) is 0 Å². The Hall–Kier alpha value is -0.297. The molecule has 1 aliphatic rings. The molecule has 0 saturated carbocycles. The van der Waals surface area contributed by atoms with E-state index in [0.29, 0.717) is 21.8 Å². The SMILES string of the molecule is CCOC(=O)C1(C(=O)OCC)Cc2cc(F)c(F)cc2C1.CCOC(=O)CC(=O)OCC.Fc1cc(CBr)c(CBr)cc1F.O=CO[O-].[H-].[K+].[K+]. The van der Waals surface area contributed by atoms with Crippen LogP contribution in [0, 0.1) is 28.7 Å². The predicted octanol–water partition coefficient (Wildman–Crippen LogP) is -1.01. The van der Waals surface area contributed by atoms with Crippen molar-refractivity contribution < 1.29 is 175 Å². The van der Waals surface area contributed by atoms with Crippen molar-refractivity contribution in [3.05, 3.63) is 69.8 Å². The van der Waals surface area contributed by atoms with Crippen LogP contribution in [0.4, 0.5) is 17.6 Å². The maximum Gasteiger partial charge on any atom is 1.00 e. The molecule has 3 rings (SSSR count). The van der Waals surface area contributed by atoms with E-state index in [0.717, 1.165) is 23.3 Å². The van der Waals surface area contributed by atoms with Crippen molar-refractivity contribution in [1.29, 1.82) is 0 Å². The van der Waals surface area contributed by atoms with E-state index >= 15 is 0 Å². The summed E-state index contributed by atoms with van der Waals surface area (Å²) in [7, 11) is 0. The minimum Gasteiger partial charge on any atom is -1.00 e. The van der Waals surface area contributed by atoms with E-state index in [4.69, 9.17) is 19.5 Å². The Morgan fingerprint density at radius 2 is 1.00 bits per heavy atom. The molecule has 0 radical (unpaired) electrons. The quantitative estimate of drug-likeness (QED) is 0.0314. The summed E-state index contributed by atoms with van der Waals surface area (Å²) in [6.07, 6.45) is -0.379. The molecule has 0 saturated heterocycles. The summed E-state index contributed by atoms with van der Waals surface area (Å²) in [6, 6.07) is 4.46. The minimum absolute atomic E-state index is 0. The Labute approximate surface area is 390 Å². The molecular formula is C31H36Br2F4K2O11. The molecule has 0 aliphatic heterocycles. The van der Waals surface area contributed by atoms with Crippen molar-refractivity contribution in [2.24, 2.45) is 5.41 Å². The third-order valence-electron chi connectivity index (χ3n) is 6.03. The first kappa shape index (κ1) is 54.1. The van der Waals surface area contributed by atoms with Gasteiger partial charge in [0.1, 0.15) is 6.42 Å². The molecule has 2 aromatic rings. The van der Waals surface area contributed by atoms with Crippen molar-refractivity contribution in [2.45, 2.75) is 57.6 Å². The number of benzene rings is 2. The van der Waals surface area contributed by atoms with E-state index in [9.17, 15) is 36.7 Å². The van der Waals surface area contributed by atoms with Gasteiger partial charge in [-0.1, -0.05) is 31.9 Å². The average Bonchev–Trinajstić information content (AvgIpc) is 3.43. The summed E-state index contributed by atoms with van der Waals surface area (Å²) >= 11 is 6.40. The molecule has 0 atom stereocenters. The zero-order valence-electron chi connectivity index (χ0n) is 29.5. The molecular weight excluding hydrogens is 862 g/mol. The minimum atomic E-state index is -1.55. The van der Waals surface area contributed by atoms with Gasteiger partial charge in [-0.25, -0.2) is 17.6 Å². The van der Waals surface area contributed by atoms with Crippen molar-refractivity contribution in [3.8, 4) is 0 Å². The van der Waals surface area contributed by atoms with Crippen LogP contribution in [0.2, 0.25) is 0 Å². The molecule has 11 nitrogen and oxygen atoms in total. The fourth-order valence-electron chi connectivity index (χ4n) is 4.00. The Balaban J connectivity index is -0.000000318. The van der Waals surface area contributed by atoms with Crippen LogP contribution >= 0.6 is 31.9 Å². The summed E-state index contributed by atoms with van der Waals surface area (Å²) in [4.78, 5) is 56.9. The summed E-state index contributed by atoms with van der Waals surface area (Å²) in [5.41, 5.74) is 0.843. The van der Waals surface area contributed by atoms with Gasteiger partial charge in [0.15, 0.2) is 28.7 Å². The van der Waals surface area contributed by atoms with Gasteiger partial charge in [-0.15, -0.1) is 0 Å². The van der Waals surface area contributed by atoms with Gasteiger partial charge < -0.3 is 30.5 Å². The monoisotopic (exact) mass is 896 g/mol. The Bertz CT molecular complexity index is 1300. The van der Waals surface area contributed by atoms with Gasteiger partial charge in [0.05, 0.1) is 26.4 Å². The van der Waals surface area contributed by atoms with Crippen LogP contribution in [-0.2, 0) is 71.3 Å². The molecule has 0 heterocycles. The molecule has 0 N–H and O–H groups in total. The Morgan fingerprint density at radius 3 is 1.26 bits per heavy atom. The third-order valence-corrected chi connectivity index (χ3v) is 7.24. The summed E-state index contributed by atoms with van der Waals surface area (Å²) < 4.78 is 70.9. The number of hydrogen-bond donors (Lipinski definition) is 0. The molecule has 50 heavy (non-hydrogen) atoms. The standard InChI is InChI=1S/C15H16F2O4.C8H6Br2F2.C7H12O4.CH2O3.2K.H/c1-3-20-13(18)15(14(19)21-4-2)7-9-5-11(16)12(17)6-10(9)8-15;9-3-5-1-7(11)8(12)2-6(5)4-10;1-3-10-6(8)5-7(9)11-4-2;2-1-4-3;;;/h5-6H,3-4,7-8H2,1-2H3;1-2H,3-4H2;3-5H2,1-2H3;1,3H;;;/q;;;;2*+1;-1/p-1. The first-order chi connectivity index (χ1) is 22.7. The number of carbonyl (C=O) groups excluding carboxylic acids is 5. The first-order valence-electron chi connectivity index (χ1n) is 14.2. The van der Waals surface area contributed by atoms with Crippen molar-refractivity contribution in [3.63, 3.8) is 0 Å². The number of alkyl halides is 2. The Kier molecular flexibility index (Phi) is 32.5. The van der Waals surface area contributed by atoms with Crippen LogP contribution in [0.1, 0.15) is 57.8 Å². The van der Waals surface area contributed by atoms with Crippen LogP contribution in [-0.4, -0.2) is 56.8 Å². The van der Waals surface area contributed by atoms with Gasteiger partial charge in [-0.2, -0.15) is 0 Å². The number of carbonyl (C=O) groups is 5. The number of esters is 4. The second-order valence-corrected chi connectivity index (χ2v) is 10.3. The van der Waals surface area contributed by atoms with E-state index in [1.807, 2.05) is 0 Å². The molecule has 0 unspecified atom stereocenters. The average molecular weight is 899 g/mol. The third kappa shape index (κ3) is 18.6. The smallest absolute Gasteiger partial charge is 1.00 e. The topological polar surface area (TPSA) is 155 Å². The number of halogens is 6. The van der Waals surface area contributed by atoms with Crippen LogP contribution in [0.5, 0.6) is 0 Å². The van der Waals surface area contributed by atoms with Crippen LogP contribution in [0.3, 0.4) is 0 Å². The van der Waals surface area contributed by atoms with Gasteiger partial charge in [0.25, 0.3) is 6.47 Å². The maximum absolute atomic E-state index is 13.3. The summed E-state index contributed by atoms with van der Waals surface area (Å²) in [6.45, 7) is 7.23. The van der Waals surface area contributed by atoms with Crippen molar-refractivity contribution in [1.82, 2.24) is 0 Å². The Morgan fingerprint density at radius 1 is 0.700 bits per heavy atom. The zero-order chi connectivity index (χ0) is 36.9. The fraction of sp³-hybridized carbons (Fsp3) is 0.452. The van der Waals surface area contributed by atoms with E-state index in [-0.39, 0.29) is 156 Å². The van der Waals surface area contributed by atoms with Gasteiger partial charge in [-0.05, 0) is 87.1 Å². The molecule has 0 spiro atoms. The van der Waals surface area contributed by atoms with Gasteiger partial charge in [0, 0.05) is 10.7 Å². The summed E-state index contributed by atoms with van der Waals surface area (Å²) in [5, 5.41) is 9.50. The maximum atomic E-state index is 13.3.